The van der Waals surface area contributed by atoms with Gasteiger partial charge in [-0.25, -0.2) is 4.98 Å². The van der Waals surface area contributed by atoms with Crippen molar-refractivity contribution in [2.45, 2.75) is 13.2 Å². The van der Waals surface area contributed by atoms with Gasteiger partial charge in [0.25, 0.3) is 0 Å². The second kappa shape index (κ2) is 7.13. The van der Waals surface area contributed by atoms with Gasteiger partial charge in [0.05, 0.1) is 18.8 Å². The number of hydrogen-bond acceptors (Lipinski definition) is 4. The van der Waals surface area contributed by atoms with E-state index in [1.54, 1.807) is 11.3 Å². The summed E-state index contributed by atoms with van der Waals surface area (Å²) >= 11 is 1.64. The smallest absolute Gasteiger partial charge is 0.109 e. The van der Waals surface area contributed by atoms with Crippen LogP contribution in [0.15, 0.2) is 66.0 Å². The molecule has 0 atom stereocenters. The molecule has 0 bridgehead atoms. The van der Waals surface area contributed by atoms with E-state index < -0.39 is 0 Å². The molecular weight excluding hydrogens is 280 g/mol. The maximum atomic E-state index is 5.46. The first-order valence-electron chi connectivity index (χ1n) is 6.80. The van der Waals surface area contributed by atoms with Gasteiger partial charge >= 0.3 is 0 Å². The van der Waals surface area contributed by atoms with Crippen LogP contribution in [0.25, 0.3) is 11.3 Å². The summed E-state index contributed by atoms with van der Waals surface area (Å²) in [6.07, 6.45) is 0. The van der Waals surface area contributed by atoms with Crippen molar-refractivity contribution >= 4 is 11.3 Å². The van der Waals surface area contributed by atoms with Gasteiger partial charge in [-0.2, -0.15) is 5.48 Å². The average molecular weight is 296 g/mol. The second-order valence-electron chi connectivity index (χ2n) is 4.59. The van der Waals surface area contributed by atoms with Crippen molar-refractivity contribution in [3.63, 3.8) is 0 Å². The Morgan fingerprint density at radius 1 is 0.952 bits per heavy atom. The summed E-state index contributed by atoms with van der Waals surface area (Å²) in [5.74, 6) is 0. The van der Waals surface area contributed by atoms with E-state index in [1.165, 1.54) is 0 Å². The van der Waals surface area contributed by atoms with Gasteiger partial charge in [-0.05, 0) is 5.56 Å². The Morgan fingerprint density at radius 2 is 1.67 bits per heavy atom. The van der Waals surface area contributed by atoms with Gasteiger partial charge in [0.2, 0.25) is 0 Å². The third kappa shape index (κ3) is 3.98. The van der Waals surface area contributed by atoms with Crippen molar-refractivity contribution < 1.29 is 4.84 Å². The molecule has 106 valence electrons. The SMILES string of the molecule is c1ccc(CONCc2nc(-c3ccccc3)cs2)cc1. The van der Waals surface area contributed by atoms with Crippen LogP contribution in [0.1, 0.15) is 10.6 Å². The molecule has 1 aromatic heterocycles. The van der Waals surface area contributed by atoms with E-state index >= 15 is 0 Å². The number of benzene rings is 2. The molecule has 2 aromatic carbocycles. The Hall–Kier alpha value is -2.01. The molecule has 0 aliphatic rings. The van der Waals surface area contributed by atoms with E-state index in [2.05, 4.69) is 28.0 Å². The molecule has 0 unspecified atom stereocenters. The van der Waals surface area contributed by atoms with Crippen molar-refractivity contribution in [1.29, 1.82) is 0 Å². The van der Waals surface area contributed by atoms with Gasteiger partial charge in [-0.1, -0.05) is 60.7 Å². The zero-order valence-electron chi connectivity index (χ0n) is 11.5. The molecule has 0 aliphatic heterocycles. The van der Waals surface area contributed by atoms with E-state index in [-0.39, 0.29) is 0 Å². The van der Waals surface area contributed by atoms with Crippen LogP contribution in [-0.4, -0.2) is 4.98 Å². The lowest BCUT2D eigenvalue weighted by molar-refractivity contribution is 0.0235. The highest BCUT2D eigenvalue weighted by atomic mass is 32.1. The molecule has 0 amide bonds. The predicted octanol–water partition coefficient (Wildman–Crippen LogP) is 4.03. The van der Waals surface area contributed by atoms with E-state index in [4.69, 9.17) is 4.84 Å². The molecule has 3 aromatic rings. The molecular formula is C17H16N2OS. The lowest BCUT2D eigenvalue weighted by Crippen LogP contribution is -2.13. The average Bonchev–Trinajstić information content (AvgIpc) is 3.02. The Balaban J connectivity index is 1.49. The van der Waals surface area contributed by atoms with E-state index in [0.717, 1.165) is 21.8 Å². The van der Waals surface area contributed by atoms with Crippen LogP contribution in [0.2, 0.25) is 0 Å². The van der Waals surface area contributed by atoms with Crippen molar-refractivity contribution in [3.8, 4) is 11.3 Å². The fraction of sp³-hybridized carbons (Fsp3) is 0.118. The highest BCUT2D eigenvalue weighted by Crippen LogP contribution is 2.21. The molecule has 0 spiro atoms. The fourth-order valence-corrected chi connectivity index (χ4v) is 2.68. The summed E-state index contributed by atoms with van der Waals surface area (Å²) in [6.45, 7) is 1.17. The van der Waals surface area contributed by atoms with Crippen LogP contribution in [-0.2, 0) is 18.0 Å². The highest BCUT2D eigenvalue weighted by molar-refractivity contribution is 7.09. The van der Waals surface area contributed by atoms with Gasteiger partial charge in [0, 0.05) is 10.9 Å². The zero-order chi connectivity index (χ0) is 14.3. The number of hydrogen-bond donors (Lipinski definition) is 1. The maximum Gasteiger partial charge on any atom is 0.109 e. The van der Waals surface area contributed by atoms with Crippen LogP contribution >= 0.6 is 11.3 Å². The first-order chi connectivity index (χ1) is 10.4. The minimum atomic E-state index is 0.553. The Morgan fingerprint density at radius 3 is 2.43 bits per heavy atom. The first kappa shape index (κ1) is 13.9. The van der Waals surface area contributed by atoms with Crippen molar-refractivity contribution in [1.82, 2.24) is 10.5 Å². The molecule has 3 rings (SSSR count). The molecule has 1 heterocycles. The Bertz CT molecular complexity index is 668. The van der Waals surface area contributed by atoms with Gasteiger partial charge in [-0.3, -0.25) is 4.84 Å². The Kier molecular flexibility index (Phi) is 4.74. The van der Waals surface area contributed by atoms with E-state index in [0.29, 0.717) is 13.2 Å². The van der Waals surface area contributed by atoms with Crippen LogP contribution < -0.4 is 5.48 Å². The summed E-state index contributed by atoms with van der Waals surface area (Å²) in [5, 5.41) is 3.09. The third-order valence-electron chi connectivity index (χ3n) is 3.03. The molecule has 0 saturated carbocycles. The monoisotopic (exact) mass is 296 g/mol. The molecule has 0 fully saturated rings. The standard InChI is InChI=1S/C17H16N2OS/c1-3-7-14(8-4-1)12-20-18-11-17-19-16(13-21-17)15-9-5-2-6-10-15/h1-10,13,18H,11-12H2. The van der Waals surface area contributed by atoms with Gasteiger partial charge in [-0.15, -0.1) is 11.3 Å². The van der Waals surface area contributed by atoms with E-state index in [1.807, 2.05) is 48.5 Å². The van der Waals surface area contributed by atoms with Gasteiger partial charge in [0.15, 0.2) is 0 Å². The lowest BCUT2D eigenvalue weighted by atomic mass is 10.2. The van der Waals surface area contributed by atoms with Crippen LogP contribution in [0.3, 0.4) is 0 Å². The minimum absolute atomic E-state index is 0.553. The number of hydroxylamine groups is 1. The maximum absolute atomic E-state index is 5.46. The largest absolute Gasteiger partial charge is 0.297 e. The van der Waals surface area contributed by atoms with E-state index in [9.17, 15) is 0 Å². The molecule has 0 saturated heterocycles. The number of rotatable bonds is 6. The molecule has 1 N–H and O–H groups in total. The van der Waals surface area contributed by atoms with Crippen LogP contribution in [0.4, 0.5) is 0 Å². The second-order valence-corrected chi connectivity index (χ2v) is 5.53. The topological polar surface area (TPSA) is 34.1 Å². The summed E-state index contributed by atoms with van der Waals surface area (Å²) in [4.78, 5) is 10.1. The molecule has 21 heavy (non-hydrogen) atoms. The quantitative estimate of drug-likeness (QED) is 0.551. The predicted molar refractivity (Wildman–Crippen MR) is 85.6 cm³/mol. The van der Waals surface area contributed by atoms with Gasteiger partial charge < -0.3 is 0 Å². The number of nitrogens with one attached hydrogen (secondary N) is 1. The minimum Gasteiger partial charge on any atom is -0.297 e. The zero-order valence-corrected chi connectivity index (χ0v) is 12.3. The summed E-state index contributed by atoms with van der Waals surface area (Å²) in [5.41, 5.74) is 6.27. The van der Waals surface area contributed by atoms with Crippen molar-refractivity contribution in [2.24, 2.45) is 0 Å². The lowest BCUT2D eigenvalue weighted by Gasteiger charge is -2.04. The molecule has 4 heteroatoms. The molecule has 0 aliphatic carbocycles. The molecule has 3 nitrogen and oxygen atoms in total. The van der Waals surface area contributed by atoms with Crippen LogP contribution in [0, 0.1) is 0 Å². The van der Waals surface area contributed by atoms with Crippen molar-refractivity contribution in [3.05, 3.63) is 76.6 Å². The third-order valence-corrected chi connectivity index (χ3v) is 3.88. The summed E-state index contributed by atoms with van der Waals surface area (Å²) in [6, 6.07) is 20.3. The summed E-state index contributed by atoms with van der Waals surface area (Å²) in [7, 11) is 0. The number of thiazole rings is 1. The highest BCUT2D eigenvalue weighted by Gasteiger charge is 2.03. The normalized spacial score (nSPS) is 10.7. The Labute approximate surface area is 128 Å². The number of nitrogens with zero attached hydrogens (tertiary/aromatic N) is 1. The molecule has 0 radical (unpaired) electrons. The van der Waals surface area contributed by atoms with Crippen LogP contribution in [0.5, 0.6) is 0 Å². The fourth-order valence-electron chi connectivity index (χ4n) is 1.95. The number of aromatic nitrogens is 1. The first-order valence-corrected chi connectivity index (χ1v) is 7.68. The summed E-state index contributed by atoms with van der Waals surface area (Å²) < 4.78 is 0. The van der Waals surface area contributed by atoms with Crippen molar-refractivity contribution in [2.75, 3.05) is 0 Å². The van der Waals surface area contributed by atoms with Gasteiger partial charge in [0.1, 0.15) is 5.01 Å².